The fourth-order valence-electron chi connectivity index (χ4n) is 1.99. The van der Waals surface area contributed by atoms with Crippen LogP contribution in [0.2, 0.25) is 0 Å². The maximum atomic E-state index is 6.01. The number of para-hydroxylation sites is 1. The van der Waals surface area contributed by atoms with Crippen LogP contribution in [0.25, 0.3) is 0 Å². The number of benzene rings is 2. The second kappa shape index (κ2) is 5.05. The molecule has 0 saturated carbocycles. The van der Waals surface area contributed by atoms with Crippen molar-refractivity contribution in [2.45, 2.75) is 26.9 Å². The van der Waals surface area contributed by atoms with Crippen molar-refractivity contribution in [3.8, 4) is 5.75 Å². The Kier molecular flexibility index (Phi) is 3.48. The van der Waals surface area contributed by atoms with Crippen molar-refractivity contribution in [2.24, 2.45) is 0 Å². The summed E-state index contributed by atoms with van der Waals surface area (Å²) < 4.78 is 6.01. The number of hydrogen-bond donors (Lipinski definition) is 0. The molecule has 0 aliphatic carbocycles. The van der Waals surface area contributed by atoms with Gasteiger partial charge in [-0.15, -0.1) is 0 Å². The van der Waals surface area contributed by atoms with E-state index in [1.165, 1.54) is 16.7 Å². The Morgan fingerprint density at radius 3 is 2.06 bits per heavy atom. The molecule has 0 spiro atoms. The molecule has 2 aromatic rings. The Morgan fingerprint density at radius 1 is 0.824 bits per heavy atom. The van der Waals surface area contributed by atoms with Crippen molar-refractivity contribution < 1.29 is 4.74 Å². The van der Waals surface area contributed by atoms with Crippen LogP contribution in [0, 0.1) is 13.8 Å². The summed E-state index contributed by atoms with van der Waals surface area (Å²) >= 11 is 0. The lowest BCUT2D eigenvalue weighted by atomic mass is 10.0. The van der Waals surface area contributed by atoms with Crippen LogP contribution >= 0.6 is 0 Å². The predicted octanol–water partition coefficient (Wildman–Crippen LogP) is 4.44. The van der Waals surface area contributed by atoms with Crippen molar-refractivity contribution >= 4 is 0 Å². The van der Waals surface area contributed by atoms with Gasteiger partial charge in [-0.2, -0.15) is 0 Å². The first-order valence-electron chi connectivity index (χ1n) is 5.96. The lowest BCUT2D eigenvalue weighted by Crippen LogP contribution is -2.05. The minimum Gasteiger partial charge on any atom is -0.486 e. The zero-order valence-electron chi connectivity index (χ0n) is 10.6. The Bertz CT molecular complexity index is 502. The third-order valence-electron chi connectivity index (χ3n) is 3.02. The van der Waals surface area contributed by atoms with Gasteiger partial charge >= 0.3 is 0 Å². The van der Waals surface area contributed by atoms with E-state index in [0.717, 1.165) is 5.75 Å². The third-order valence-corrected chi connectivity index (χ3v) is 3.02. The van der Waals surface area contributed by atoms with Crippen LogP contribution in [0.1, 0.15) is 29.7 Å². The van der Waals surface area contributed by atoms with E-state index in [1.54, 1.807) is 0 Å². The maximum Gasteiger partial charge on any atom is 0.123 e. The molecule has 2 rings (SSSR count). The molecule has 1 unspecified atom stereocenters. The van der Waals surface area contributed by atoms with E-state index in [9.17, 15) is 0 Å². The van der Waals surface area contributed by atoms with Gasteiger partial charge in [-0.05, 0) is 43.5 Å². The summed E-state index contributed by atoms with van der Waals surface area (Å²) in [6.45, 7) is 6.28. The topological polar surface area (TPSA) is 9.23 Å². The Morgan fingerprint density at radius 2 is 1.41 bits per heavy atom. The van der Waals surface area contributed by atoms with Crippen molar-refractivity contribution in [1.29, 1.82) is 0 Å². The maximum absolute atomic E-state index is 6.01. The molecular weight excluding hydrogens is 208 g/mol. The minimum absolute atomic E-state index is 0.0808. The summed E-state index contributed by atoms with van der Waals surface area (Å²) in [5, 5.41) is 0. The first-order valence-corrected chi connectivity index (χ1v) is 5.96. The zero-order valence-corrected chi connectivity index (χ0v) is 10.6. The van der Waals surface area contributed by atoms with Gasteiger partial charge in [0.2, 0.25) is 0 Å². The zero-order chi connectivity index (χ0) is 12.3. The van der Waals surface area contributed by atoms with Crippen molar-refractivity contribution in [1.82, 2.24) is 0 Å². The van der Waals surface area contributed by atoms with Crippen LogP contribution in [0.4, 0.5) is 0 Å². The van der Waals surface area contributed by atoms with Crippen molar-refractivity contribution in [3.63, 3.8) is 0 Å². The molecule has 0 radical (unpaired) electrons. The molecular formula is C16H18O. The van der Waals surface area contributed by atoms with Crippen LogP contribution in [0.3, 0.4) is 0 Å². The second-order valence-electron chi connectivity index (χ2n) is 4.38. The molecule has 0 aromatic heterocycles. The highest BCUT2D eigenvalue weighted by molar-refractivity contribution is 5.34. The molecule has 1 heteroatoms. The molecule has 0 bridgehead atoms. The van der Waals surface area contributed by atoms with E-state index >= 15 is 0 Å². The molecule has 0 amide bonds. The number of rotatable bonds is 3. The van der Waals surface area contributed by atoms with E-state index in [0.29, 0.717) is 0 Å². The average molecular weight is 226 g/mol. The first-order chi connectivity index (χ1) is 8.18. The van der Waals surface area contributed by atoms with Gasteiger partial charge in [-0.25, -0.2) is 0 Å². The summed E-state index contributed by atoms with van der Waals surface area (Å²) in [5.74, 6) is 0.961. The summed E-state index contributed by atoms with van der Waals surface area (Å²) in [5.41, 5.74) is 3.69. The molecule has 1 atom stereocenters. The Labute approximate surface area is 103 Å². The normalized spacial score (nSPS) is 12.2. The molecule has 17 heavy (non-hydrogen) atoms. The van der Waals surface area contributed by atoms with Crippen LogP contribution in [-0.4, -0.2) is 0 Å². The molecule has 0 heterocycles. The molecule has 0 saturated heterocycles. The van der Waals surface area contributed by atoms with E-state index in [1.807, 2.05) is 18.2 Å². The summed E-state index contributed by atoms with van der Waals surface area (Å²) in [6.07, 6.45) is 0.0808. The van der Waals surface area contributed by atoms with E-state index < -0.39 is 0 Å². The molecule has 0 fully saturated rings. The highest BCUT2D eigenvalue weighted by atomic mass is 16.5. The minimum atomic E-state index is 0.0808. The van der Waals surface area contributed by atoms with Gasteiger partial charge in [0.15, 0.2) is 0 Å². The van der Waals surface area contributed by atoms with Crippen LogP contribution in [0.15, 0.2) is 48.5 Å². The van der Waals surface area contributed by atoms with E-state index in [2.05, 4.69) is 51.1 Å². The van der Waals surface area contributed by atoms with Crippen LogP contribution in [-0.2, 0) is 0 Å². The standard InChI is InChI=1S/C16H18O/c1-12-8-4-6-10-15(12)14(3)17-16-11-7-5-9-13(16)2/h4-11,14H,1-3H3. The second-order valence-corrected chi connectivity index (χ2v) is 4.38. The quantitative estimate of drug-likeness (QED) is 0.751. The number of ether oxygens (including phenoxy) is 1. The Balaban J connectivity index is 2.20. The van der Waals surface area contributed by atoms with E-state index in [4.69, 9.17) is 4.74 Å². The fourth-order valence-corrected chi connectivity index (χ4v) is 1.99. The molecule has 1 nitrogen and oxygen atoms in total. The summed E-state index contributed by atoms with van der Waals surface area (Å²) in [7, 11) is 0. The SMILES string of the molecule is Cc1ccccc1OC(C)c1ccccc1C. The molecule has 0 aliphatic heterocycles. The van der Waals surface area contributed by atoms with Gasteiger partial charge in [-0.3, -0.25) is 0 Å². The molecule has 88 valence electrons. The number of aryl methyl sites for hydroxylation is 2. The van der Waals surface area contributed by atoms with Gasteiger partial charge < -0.3 is 4.74 Å². The predicted molar refractivity (Wildman–Crippen MR) is 71.4 cm³/mol. The van der Waals surface area contributed by atoms with Crippen molar-refractivity contribution in [3.05, 3.63) is 65.2 Å². The highest BCUT2D eigenvalue weighted by Gasteiger charge is 2.10. The lowest BCUT2D eigenvalue weighted by molar-refractivity contribution is 0.224. The molecule has 2 aromatic carbocycles. The van der Waals surface area contributed by atoms with Crippen LogP contribution < -0.4 is 4.74 Å². The summed E-state index contributed by atoms with van der Waals surface area (Å²) in [6, 6.07) is 16.5. The fraction of sp³-hybridized carbons (Fsp3) is 0.250. The van der Waals surface area contributed by atoms with Gasteiger partial charge in [0.05, 0.1) is 0 Å². The Hall–Kier alpha value is -1.76. The third kappa shape index (κ3) is 2.68. The smallest absolute Gasteiger partial charge is 0.123 e. The number of hydrogen-bond acceptors (Lipinski definition) is 1. The average Bonchev–Trinajstić information content (AvgIpc) is 2.32. The molecule has 0 N–H and O–H groups in total. The monoisotopic (exact) mass is 226 g/mol. The van der Waals surface area contributed by atoms with E-state index in [-0.39, 0.29) is 6.10 Å². The largest absolute Gasteiger partial charge is 0.486 e. The first kappa shape index (κ1) is 11.7. The molecule has 0 aliphatic rings. The van der Waals surface area contributed by atoms with Gasteiger partial charge in [0, 0.05) is 0 Å². The van der Waals surface area contributed by atoms with Gasteiger partial charge in [0.25, 0.3) is 0 Å². The van der Waals surface area contributed by atoms with Crippen molar-refractivity contribution in [2.75, 3.05) is 0 Å². The van der Waals surface area contributed by atoms with Gasteiger partial charge in [0.1, 0.15) is 11.9 Å². The lowest BCUT2D eigenvalue weighted by Gasteiger charge is -2.18. The van der Waals surface area contributed by atoms with Crippen LogP contribution in [0.5, 0.6) is 5.75 Å². The van der Waals surface area contributed by atoms with Gasteiger partial charge in [-0.1, -0.05) is 42.5 Å². The highest BCUT2D eigenvalue weighted by Crippen LogP contribution is 2.26. The summed E-state index contributed by atoms with van der Waals surface area (Å²) in [4.78, 5) is 0.